The van der Waals surface area contributed by atoms with Crippen LogP contribution in [0, 0.1) is 40.4 Å². The molecule has 0 aliphatic heterocycles. The Morgan fingerprint density at radius 3 is 2.48 bits per heavy atom. The number of hydrogen-bond acceptors (Lipinski definition) is 1. The lowest BCUT2D eigenvalue weighted by atomic mass is 9.45. The van der Waals surface area contributed by atoms with Crippen LogP contribution in [0.1, 0.15) is 78.1 Å². The second kappa shape index (κ2) is 5.75. The second-order valence-electron chi connectivity index (χ2n) is 9.68. The molecular weight excluding hydrogens is 304 g/mol. The van der Waals surface area contributed by atoms with Gasteiger partial charge >= 0.3 is 0 Å². The minimum atomic E-state index is 0.223. The minimum absolute atomic E-state index is 0.223. The Morgan fingerprint density at radius 1 is 0.913 bits per heavy atom. The van der Waals surface area contributed by atoms with Crippen LogP contribution >= 0.6 is 11.6 Å². The van der Waals surface area contributed by atoms with E-state index >= 15 is 0 Å². The van der Waals surface area contributed by atoms with E-state index in [9.17, 15) is 4.79 Å². The molecule has 0 bridgehead atoms. The summed E-state index contributed by atoms with van der Waals surface area (Å²) < 4.78 is 0. The van der Waals surface area contributed by atoms with Gasteiger partial charge in [0.1, 0.15) is 0 Å². The molecule has 1 unspecified atom stereocenters. The molecule has 4 saturated carbocycles. The number of alkyl halides is 1. The van der Waals surface area contributed by atoms with Crippen molar-refractivity contribution in [2.75, 3.05) is 5.88 Å². The zero-order chi connectivity index (χ0) is 16.2. The average molecular weight is 337 g/mol. The fourth-order valence-corrected chi connectivity index (χ4v) is 8.10. The molecular formula is C21H33ClO. The normalized spacial score (nSPS) is 52.4. The van der Waals surface area contributed by atoms with Crippen molar-refractivity contribution in [1.29, 1.82) is 0 Å². The first-order chi connectivity index (χ1) is 11.0. The van der Waals surface area contributed by atoms with E-state index < -0.39 is 0 Å². The summed E-state index contributed by atoms with van der Waals surface area (Å²) in [6.07, 6.45) is 13.8. The molecule has 4 fully saturated rings. The van der Waals surface area contributed by atoms with E-state index in [0.29, 0.717) is 11.2 Å². The Labute approximate surface area is 146 Å². The van der Waals surface area contributed by atoms with Crippen LogP contribution < -0.4 is 0 Å². The van der Waals surface area contributed by atoms with Crippen LogP contribution in [0.15, 0.2) is 0 Å². The van der Waals surface area contributed by atoms with Gasteiger partial charge in [0.15, 0.2) is 5.78 Å². The fourth-order valence-electron chi connectivity index (χ4n) is 7.92. The van der Waals surface area contributed by atoms with E-state index in [1.807, 2.05) is 0 Å². The first-order valence-corrected chi connectivity index (χ1v) is 10.6. The van der Waals surface area contributed by atoms with Gasteiger partial charge in [0.2, 0.25) is 0 Å². The minimum Gasteiger partial charge on any atom is -0.298 e. The van der Waals surface area contributed by atoms with Gasteiger partial charge in [-0.3, -0.25) is 4.79 Å². The first-order valence-electron chi connectivity index (χ1n) is 10.1. The summed E-state index contributed by atoms with van der Waals surface area (Å²) in [5.74, 6) is 4.41. The summed E-state index contributed by atoms with van der Waals surface area (Å²) in [7, 11) is 0. The van der Waals surface area contributed by atoms with Gasteiger partial charge in [0.25, 0.3) is 0 Å². The van der Waals surface area contributed by atoms with E-state index in [4.69, 9.17) is 11.6 Å². The van der Waals surface area contributed by atoms with Crippen molar-refractivity contribution in [1.82, 2.24) is 0 Å². The molecule has 2 heteroatoms. The van der Waals surface area contributed by atoms with E-state index in [1.54, 1.807) is 0 Å². The topological polar surface area (TPSA) is 17.1 Å². The van der Waals surface area contributed by atoms with Crippen LogP contribution in [0.25, 0.3) is 0 Å². The third-order valence-electron chi connectivity index (χ3n) is 9.10. The van der Waals surface area contributed by atoms with Crippen LogP contribution in [0.2, 0.25) is 0 Å². The maximum atomic E-state index is 12.4. The number of Topliss-reactive ketones (excluding diaryl/α,β-unsaturated/α-hetero) is 1. The highest BCUT2D eigenvalue weighted by Crippen LogP contribution is 2.67. The number of rotatable bonds is 2. The molecule has 23 heavy (non-hydrogen) atoms. The standard InChI is InChI=1S/C21H33ClO/c1-20-11-4-3-5-14(20)6-7-15-16-8-9-18(19(23)13-22)21(16,2)12-10-17(15)20/h14-18H,3-13H2,1-2H3/t14?,15-,16-,17-,18+,20-,21-/m0/s1. The molecule has 0 aromatic carbocycles. The van der Waals surface area contributed by atoms with E-state index in [0.717, 1.165) is 30.1 Å². The molecule has 0 saturated heterocycles. The molecule has 4 aliphatic carbocycles. The average Bonchev–Trinajstić information content (AvgIpc) is 2.91. The summed E-state index contributed by atoms with van der Waals surface area (Å²) in [5, 5.41) is 0. The maximum Gasteiger partial charge on any atom is 0.151 e. The van der Waals surface area contributed by atoms with Crippen LogP contribution in [0.5, 0.6) is 0 Å². The van der Waals surface area contributed by atoms with E-state index in [-0.39, 0.29) is 17.2 Å². The molecule has 4 aliphatic rings. The summed E-state index contributed by atoms with van der Waals surface area (Å²) in [6, 6.07) is 0. The molecule has 0 spiro atoms. The van der Waals surface area contributed by atoms with Gasteiger partial charge in [-0.25, -0.2) is 0 Å². The third kappa shape index (κ3) is 2.28. The third-order valence-corrected chi connectivity index (χ3v) is 9.37. The van der Waals surface area contributed by atoms with E-state index in [1.165, 1.54) is 57.8 Å². The van der Waals surface area contributed by atoms with Crippen molar-refractivity contribution in [3.8, 4) is 0 Å². The molecule has 130 valence electrons. The number of halogens is 1. The van der Waals surface area contributed by atoms with E-state index in [2.05, 4.69) is 13.8 Å². The highest BCUT2D eigenvalue weighted by molar-refractivity contribution is 6.28. The predicted molar refractivity (Wildman–Crippen MR) is 95.6 cm³/mol. The summed E-state index contributed by atoms with van der Waals surface area (Å²) in [5.41, 5.74) is 0.863. The number of hydrogen-bond donors (Lipinski definition) is 0. The molecule has 0 heterocycles. The highest BCUT2D eigenvalue weighted by atomic mass is 35.5. The quantitative estimate of drug-likeness (QED) is 0.578. The molecule has 0 N–H and O–H groups in total. The van der Waals surface area contributed by atoms with Crippen molar-refractivity contribution in [2.45, 2.75) is 78.1 Å². The Bertz CT molecular complexity index is 488. The van der Waals surface area contributed by atoms with Crippen LogP contribution in [0.3, 0.4) is 0 Å². The molecule has 0 radical (unpaired) electrons. The summed E-state index contributed by atoms with van der Waals surface area (Å²) in [4.78, 5) is 12.4. The van der Waals surface area contributed by atoms with Gasteiger partial charge in [-0.15, -0.1) is 11.6 Å². The van der Waals surface area contributed by atoms with Gasteiger partial charge in [-0.2, -0.15) is 0 Å². The molecule has 1 nitrogen and oxygen atoms in total. The smallest absolute Gasteiger partial charge is 0.151 e. The van der Waals surface area contributed by atoms with Crippen molar-refractivity contribution < 1.29 is 4.79 Å². The Kier molecular flexibility index (Phi) is 4.11. The highest BCUT2D eigenvalue weighted by Gasteiger charge is 2.60. The monoisotopic (exact) mass is 336 g/mol. The number of fused-ring (bicyclic) bond motifs is 5. The van der Waals surface area contributed by atoms with Crippen molar-refractivity contribution in [2.24, 2.45) is 40.4 Å². The maximum absolute atomic E-state index is 12.4. The van der Waals surface area contributed by atoms with Crippen molar-refractivity contribution in [3.63, 3.8) is 0 Å². The second-order valence-corrected chi connectivity index (χ2v) is 9.94. The lowest BCUT2D eigenvalue weighted by Crippen LogP contribution is -2.53. The molecule has 0 amide bonds. The Balaban J connectivity index is 1.61. The van der Waals surface area contributed by atoms with Gasteiger partial charge in [-0.1, -0.05) is 26.7 Å². The van der Waals surface area contributed by atoms with Crippen molar-refractivity contribution >= 4 is 17.4 Å². The van der Waals surface area contributed by atoms with Crippen molar-refractivity contribution in [3.05, 3.63) is 0 Å². The van der Waals surface area contributed by atoms with Gasteiger partial charge in [0.05, 0.1) is 5.88 Å². The Morgan fingerprint density at radius 2 is 1.70 bits per heavy atom. The largest absolute Gasteiger partial charge is 0.298 e. The van der Waals surface area contributed by atoms with Gasteiger partial charge in [-0.05, 0) is 85.9 Å². The van der Waals surface area contributed by atoms with Crippen LogP contribution in [-0.2, 0) is 4.79 Å². The van der Waals surface area contributed by atoms with Crippen LogP contribution in [0.4, 0.5) is 0 Å². The molecule has 0 aromatic heterocycles. The fraction of sp³-hybridized carbons (Fsp3) is 0.952. The molecule has 7 atom stereocenters. The zero-order valence-electron chi connectivity index (χ0n) is 15.0. The Hall–Kier alpha value is -0.0400. The lowest BCUT2D eigenvalue weighted by molar-refractivity contribution is -0.133. The number of carbonyl (C=O) groups is 1. The van der Waals surface area contributed by atoms with Gasteiger partial charge < -0.3 is 0 Å². The molecule has 4 rings (SSSR count). The molecule has 0 aromatic rings. The first kappa shape index (κ1) is 16.4. The zero-order valence-corrected chi connectivity index (χ0v) is 15.7. The van der Waals surface area contributed by atoms with Gasteiger partial charge in [0, 0.05) is 5.92 Å². The summed E-state index contributed by atoms with van der Waals surface area (Å²) >= 11 is 5.93. The number of carbonyl (C=O) groups excluding carboxylic acids is 1. The SMILES string of the molecule is C[C@]12CC[C@H]3[C@@H](CCC4CCCC[C@@]43C)[C@@H]1CC[C@@H]2C(=O)CCl. The predicted octanol–water partition coefficient (Wildman–Crippen LogP) is 5.84. The summed E-state index contributed by atoms with van der Waals surface area (Å²) in [6.45, 7) is 5.07. The van der Waals surface area contributed by atoms with Crippen LogP contribution in [-0.4, -0.2) is 11.7 Å². The number of ketones is 1. The lowest BCUT2D eigenvalue weighted by Gasteiger charge is -2.60.